The molecule has 3 rings (SSSR count). The van der Waals surface area contributed by atoms with Crippen molar-refractivity contribution in [2.75, 3.05) is 0 Å². The molecule has 2 aromatic carbocycles. The van der Waals surface area contributed by atoms with E-state index >= 15 is 0 Å². The third kappa shape index (κ3) is 3.55. The Morgan fingerprint density at radius 3 is 2.44 bits per heavy atom. The molecule has 0 fully saturated rings. The van der Waals surface area contributed by atoms with Gasteiger partial charge in [0.05, 0.1) is 6.04 Å². The van der Waals surface area contributed by atoms with Crippen molar-refractivity contribution in [1.29, 1.82) is 0 Å². The number of carbonyl (C=O) groups excluding carboxylic acids is 1. The smallest absolute Gasteiger partial charge is 0.252 e. The molecule has 2 aromatic rings. The Morgan fingerprint density at radius 2 is 1.72 bits per heavy atom. The van der Waals surface area contributed by atoms with E-state index in [0.29, 0.717) is 0 Å². The lowest BCUT2D eigenvalue weighted by atomic mass is 9.88. The molecule has 1 amide bonds. The van der Waals surface area contributed by atoms with Crippen LogP contribution >= 0.6 is 0 Å². The molecule has 0 unspecified atom stereocenters. The van der Waals surface area contributed by atoms with Gasteiger partial charge in [0.1, 0.15) is 11.4 Å². The van der Waals surface area contributed by atoms with Gasteiger partial charge in [0.2, 0.25) is 0 Å². The Morgan fingerprint density at radius 1 is 1.04 bits per heavy atom. The van der Waals surface area contributed by atoms with Gasteiger partial charge in [0, 0.05) is 17.5 Å². The van der Waals surface area contributed by atoms with Crippen LogP contribution in [-0.4, -0.2) is 11.5 Å². The molecule has 0 radical (unpaired) electrons. The summed E-state index contributed by atoms with van der Waals surface area (Å²) in [5.41, 5.74) is 6.02. The highest BCUT2D eigenvalue weighted by Crippen LogP contribution is 2.40. The summed E-state index contributed by atoms with van der Waals surface area (Å²) >= 11 is 0. The van der Waals surface area contributed by atoms with Crippen LogP contribution in [0.4, 0.5) is 0 Å². The molecule has 0 bridgehead atoms. The Bertz CT molecular complexity index is 836. The van der Waals surface area contributed by atoms with Gasteiger partial charge in [-0.3, -0.25) is 4.79 Å². The fourth-order valence-corrected chi connectivity index (χ4v) is 3.53. The summed E-state index contributed by atoms with van der Waals surface area (Å²) in [6.07, 6.45) is 0.749. The average Bonchev–Trinajstić information content (AvgIpc) is 2.49. The first-order chi connectivity index (χ1) is 11.7. The number of amides is 1. The standard InChI is InChI=1S/C22H27NO2/c1-13-7-8-17-19(12-22(5,6)25-20(17)9-13)23-21(24)18-11-15(3)14(2)10-16(18)4/h7-11,19H,12H2,1-6H3,(H,23,24)/t19-/m0/s1. The van der Waals surface area contributed by atoms with Crippen molar-refractivity contribution in [3.05, 3.63) is 63.7 Å². The van der Waals surface area contributed by atoms with Crippen molar-refractivity contribution in [3.8, 4) is 5.75 Å². The zero-order valence-electron chi connectivity index (χ0n) is 16.0. The van der Waals surface area contributed by atoms with Gasteiger partial charge in [-0.1, -0.05) is 18.2 Å². The Kier molecular flexibility index (Phi) is 4.36. The maximum atomic E-state index is 12.9. The van der Waals surface area contributed by atoms with Gasteiger partial charge in [-0.2, -0.15) is 0 Å². The molecule has 0 saturated heterocycles. The van der Waals surface area contributed by atoms with E-state index in [1.165, 1.54) is 5.56 Å². The monoisotopic (exact) mass is 337 g/mol. The topological polar surface area (TPSA) is 38.3 Å². The van der Waals surface area contributed by atoms with Crippen molar-refractivity contribution in [2.24, 2.45) is 0 Å². The fourth-order valence-electron chi connectivity index (χ4n) is 3.53. The van der Waals surface area contributed by atoms with E-state index in [1.54, 1.807) is 0 Å². The number of benzene rings is 2. The van der Waals surface area contributed by atoms with Crippen LogP contribution < -0.4 is 10.1 Å². The summed E-state index contributed by atoms with van der Waals surface area (Å²) in [5.74, 6) is 0.855. The first-order valence-electron chi connectivity index (χ1n) is 8.84. The zero-order chi connectivity index (χ0) is 18.4. The van der Waals surface area contributed by atoms with Crippen molar-refractivity contribution in [3.63, 3.8) is 0 Å². The van der Waals surface area contributed by atoms with E-state index in [1.807, 2.05) is 19.9 Å². The highest BCUT2D eigenvalue weighted by molar-refractivity contribution is 5.96. The lowest BCUT2D eigenvalue weighted by molar-refractivity contribution is 0.0619. The molecule has 25 heavy (non-hydrogen) atoms. The van der Waals surface area contributed by atoms with E-state index < -0.39 is 0 Å². The van der Waals surface area contributed by atoms with Crippen LogP contribution in [0.1, 0.15) is 64.5 Å². The van der Waals surface area contributed by atoms with Crippen LogP contribution in [0.2, 0.25) is 0 Å². The second-order valence-corrected chi connectivity index (χ2v) is 7.88. The van der Waals surface area contributed by atoms with Crippen molar-refractivity contribution in [2.45, 2.75) is 59.6 Å². The number of aryl methyl sites for hydroxylation is 4. The predicted octanol–water partition coefficient (Wildman–Crippen LogP) is 4.95. The maximum absolute atomic E-state index is 12.9. The Hall–Kier alpha value is -2.29. The Labute approximate surface area is 150 Å². The third-order valence-electron chi connectivity index (χ3n) is 5.02. The lowest BCUT2D eigenvalue weighted by Gasteiger charge is -2.38. The van der Waals surface area contributed by atoms with E-state index in [2.05, 4.69) is 57.3 Å². The molecule has 0 aromatic heterocycles. The number of ether oxygens (including phenoxy) is 1. The number of hydrogen-bond acceptors (Lipinski definition) is 2. The molecule has 1 N–H and O–H groups in total. The number of nitrogens with one attached hydrogen (secondary N) is 1. The highest BCUT2D eigenvalue weighted by atomic mass is 16.5. The summed E-state index contributed by atoms with van der Waals surface area (Å²) in [7, 11) is 0. The largest absolute Gasteiger partial charge is 0.487 e. The second-order valence-electron chi connectivity index (χ2n) is 7.88. The van der Waals surface area contributed by atoms with Gasteiger partial charge in [0.25, 0.3) is 5.91 Å². The van der Waals surface area contributed by atoms with Crippen LogP contribution in [0.5, 0.6) is 5.75 Å². The van der Waals surface area contributed by atoms with Crippen LogP contribution in [0.15, 0.2) is 30.3 Å². The summed E-state index contributed by atoms with van der Waals surface area (Å²) in [6.45, 7) is 12.3. The Balaban J connectivity index is 1.93. The van der Waals surface area contributed by atoms with Crippen LogP contribution in [0.3, 0.4) is 0 Å². The van der Waals surface area contributed by atoms with E-state index in [9.17, 15) is 4.79 Å². The maximum Gasteiger partial charge on any atom is 0.252 e. The van der Waals surface area contributed by atoms with Crippen LogP contribution in [0.25, 0.3) is 0 Å². The first-order valence-corrected chi connectivity index (χ1v) is 8.84. The average molecular weight is 337 g/mol. The van der Waals surface area contributed by atoms with Gasteiger partial charge in [0.15, 0.2) is 0 Å². The summed E-state index contributed by atoms with van der Waals surface area (Å²) in [4.78, 5) is 12.9. The molecule has 1 aliphatic heterocycles. The van der Waals surface area contributed by atoms with E-state index in [-0.39, 0.29) is 17.6 Å². The number of carbonyl (C=O) groups is 1. The zero-order valence-corrected chi connectivity index (χ0v) is 16.0. The van der Waals surface area contributed by atoms with Gasteiger partial charge in [-0.05, 0) is 75.9 Å². The normalized spacial score (nSPS) is 18.2. The molecule has 1 atom stereocenters. The van der Waals surface area contributed by atoms with Crippen LogP contribution in [-0.2, 0) is 0 Å². The predicted molar refractivity (Wildman–Crippen MR) is 101 cm³/mol. The molecule has 1 heterocycles. The minimum Gasteiger partial charge on any atom is -0.487 e. The minimum absolute atomic E-state index is 0.0187. The summed E-state index contributed by atoms with van der Waals surface area (Å²) in [6, 6.07) is 10.2. The van der Waals surface area contributed by atoms with Gasteiger partial charge < -0.3 is 10.1 Å². The quantitative estimate of drug-likeness (QED) is 0.842. The molecule has 0 spiro atoms. The van der Waals surface area contributed by atoms with Crippen molar-refractivity contribution < 1.29 is 9.53 Å². The minimum atomic E-state index is -0.309. The molecule has 3 heteroatoms. The molecule has 3 nitrogen and oxygen atoms in total. The number of fused-ring (bicyclic) bond motifs is 1. The molecule has 0 saturated carbocycles. The lowest BCUT2D eigenvalue weighted by Crippen LogP contribution is -2.41. The number of rotatable bonds is 2. The highest BCUT2D eigenvalue weighted by Gasteiger charge is 2.34. The van der Waals surface area contributed by atoms with Crippen molar-refractivity contribution in [1.82, 2.24) is 5.32 Å². The molecule has 0 aliphatic carbocycles. The van der Waals surface area contributed by atoms with Gasteiger partial charge >= 0.3 is 0 Å². The molecular weight excluding hydrogens is 310 g/mol. The fraction of sp³-hybridized carbons (Fsp3) is 0.409. The molecule has 1 aliphatic rings. The van der Waals surface area contributed by atoms with Crippen LogP contribution in [0, 0.1) is 27.7 Å². The summed E-state index contributed by atoms with van der Waals surface area (Å²) < 4.78 is 6.12. The van der Waals surface area contributed by atoms with Gasteiger partial charge in [-0.25, -0.2) is 0 Å². The first kappa shape index (κ1) is 17.5. The van der Waals surface area contributed by atoms with E-state index in [4.69, 9.17) is 4.74 Å². The van der Waals surface area contributed by atoms with Crippen molar-refractivity contribution >= 4 is 5.91 Å². The molecular formula is C22H27NO2. The van der Waals surface area contributed by atoms with E-state index in [0.717, 1.165) is 40.0 Å². The molecule has 132 valence electrons. The van der Waals surface area contributed by atoms with Gasteiger partial charge in [-0.15, -0.1) is 0 Å². The number of hydrogen-bond donors (Lipinski definition) is 1. The third-order valence-corrected chi connectivity index (χ3v) is 5.02. The second kappa shape index (κ2) is 6.21. The SMILES string of the molecule is Cc1ccc2c(c1)OC(C)(C)C[C@@H]2NC(=O)c1cc(C)c(C)cc1C. The summed E-state index contributed by atoms with van der Waals surface area (Å²) in [5, 5.41) is 3.24.